The number of nitro benzene ring substituents is 1. The first kappa shape index (κ1) is 16.4. The lowest BCUT2D eigenvalue weighted by atomic mass is 10.1. The molecule has 0 atom stereocenters. The molecule has 0 saturated carbocycles. The van der Waals surface area contributed by atoms with Crippen molar-refractivity contribution in [2.45, 2.75) is 6.92 Å². The number of nitrogens with zero attached hydrogens (tertiary/aromatic N) is 3. The van der Waals surface area contributed by atoms with E-state index in [-0.39, 0.29) is 11.4 Å². The van der Waals surface area contributed by atoms with Crippen LogP contribution in [0.15, 0.2) is 54.7 Å². The Morgan fingerprint density at radius 2 is 2.00 bits per heavy atom. The molecule has 0 unspecified atom stereocenters. The van der Waals surface area contributed by atoms with E-state index in [1.54, 1.807) is 23.9 Å². The molecule has 0 amide bonds. The summed E-state index contributed by atoms with van der Waals surface area (Å²) < 4.78 is 6.85. The van der Waals surface area contributed by atoms with Crippen LogP contribution < -0.4 is 4.74 Å². The van der Waals surface area contributed by atoms with Gasteiger partial charge in [-0.05, 0) is 31.2 Å². The Morgan fingerprint density at radius 1 is 1.24 bits per heavy atom. The predicted octanol–water partition coefficient (Wildman–Crippen LogP) is 3.66. The van der Waals surface area contributed by atoms with Crippen LogP contribution in [-0.4, -0.2) is 27.6 Å². The predicted molar refractivity (Wildman–Crippen MR) is 92.2 cm³/mol. The Labute approximate surface area is 143 Å². The number of benzene rings is 2. The van der Waals surface area contributed by atoms with Crippen molar-refractivity contribution in [1.29, 1.82) is 0 Å². The van der Waals surface area contributed by atoms with Crippen LogP contribution in [0.5, 0.6) is 5.75 Å². The Bertz CT molecular complexity index is 919. The molecule has 0 spiro atoms. The molecular formula is C18H15N3O4. The van der Waals surface area contributed by atoms with Crippen molar-refractivity contribution in [1.82, 2.24) is 9.78 Å². The van der Waals surface area contributed by atoms with Gasteiger partial charge in [0.2, 0.25) is 0 Å². The average molecular weight is 337 g/mol. The summed E-state index contributed by atoms with van der Waals surface area (Å²) in [4.78, 5) is 22.2. The van der Waals surface area contributed by atoms with E-state index < -0.39 is 4.92 Å². The molecule has 3 aromatic rings. The maximum Gasteiger partial charge on any atom is 0.311 e. The molecule has 126 valence electrons. The van der Waals surface area contributed by atoms with Crippen LogP contribution in [-0.2, 0) is 0 Å². The number of carbonyl (C=O) groups excluding carboxylic acids is 1. The number of nitro groups is 1. The molecule has 1 heterocycles. The van der Waals surface area contributed by atoms with E-state index in [4.69, 9.17) is 4.74 Å². The van der Waals surface area contributed by atoms with Gasteiger partial charge in [-0.25, -0.2) is 4.68 Å². The lowest BCUT2D eigenvalue weighted by Crippen LogP contribution is -1.98. The first-order valence-electron chi connectivity index (χ1n) is 7.66. The Hall–Kier alpha value is -3.48. The van der Waals surface area contributed by atoms with Crippen molar-refractivity contribution in [3.8, 4) is 22.7 Å². The van der Waals surface area contributed by atoms with Gasteiger partial charge in [0.05, 0.1) is 22.8 Å². The average Bonchev–Trinajstić information content (AvgIpc) is 3.07. The Morgan fingerprint density at radius 3 is 2.64 bits per heavy atom. The van der Waals surface area contributed by atoms with Crippen LogP contribution >= 0.6 is 0 Å². The fourth-order valence-corrected chi connectivity index (χ4v) is 2.50. The van der Waals surface area contributed by atoms with E-state index in [0.717, 1.165) is 5.69 Å². The Kier molecular flexibility index (Phi) is 4.56. The monoisotopic (exact) mass is 337 g/mol. The lowest BCUT2D eigenvalue weighted by molar-refractivity contribution is -0.385. The largest absolute Gasteiger partial charge is 0.487 e. The molecule has 0 aliphatic rings. The van der Waals surface area contributed by atoms with Crippen LogP contribution in [0.3, 0.4) is 0 Å². The van der Waals surface area contributed by atoms with E-state index in [9.17, 15) is 14.9 Å². The molecule has 25 heavy (non-hydrogen) atoms. The zero-order valence-electron chi connectivity index (χ0n) is 13.5. The topological polar surface area (TPSA) is 87.3 Å². The number of ether oxygens (including phenoxy) is 1. The Balaban J connectivity index is 2.10. The maximum atomic E-state index is 11.4. The first-order valence-corrected chi connectivity index (χ1v) is 7.66. The zero-order valence-corrected chi connectivity index (χ0v) is 13.5. The molecule has 0 N–H and O–H groups in total. The minimum absolute atomic E-state index is 0.162. The molecule has 1 aromatic heterocycles. The van der Waals surface area contributed by atoms with E-state index in [0.29, 0.717) is 29.7 Å². The molecular weight excluding hydrogens is 322 g/mol. The number of hydrogen-bond donors (Lipinski definition) is 0. The quantitative estimate of drug-likeness (QED) is 0.389. The van der Waals surface area contributed by atoms with E-state index in [1.165, 1.54) is 12.1 Å². The summed E-state index contributed by atoms with van der Waals surface area (Å²) in [5, 5.41) is 15.7. The third kappa shape index (κ3) is 3.25. The molecule has 0 aliphatic carbocycles. The number of carbonyl (C=O) groups is 1. The maximum absolute atomic E-state index is 11.4. The number of aromatic nitrogens is 2. The fourth-order valence-electron chi connectivity index (χ4n) is 2.50. The minimum atomic E-state index is -0.511. The fraction of sp³-hybridized carbons (Fsp3) is 0.111. The normalized spacial score (nSPS) is 10.4. The van der Waals surface area contributed by atoms with E-state index in [1.807, 2.05) is 30.3 Å². The molecule has 0 radical (unpaired) electrons. The van der Waals surface area contributed by atoms with Gasteiger partial charge in [0, 0.05) is 17.8 Å². The van der Waals surface area contributed by atoms with E-state index in [2.05, 4.69) is 5.10 Å². The minimum Gasteiger partial charge on any atom is -0.487 e. The molecule has 0 saturated heterocycles. The van der Waals surface area contributed by atoms with Crippen LogP contribution in [0.25, 0.3) is 16.9 Å². The highest BCUT2D eigenvalue weighted by atomic mass is 16.6. The molecule has 0 aliphatic heterocycles. The third-order valence-electron chi connectivity index (χ3n) is 3.62. The van der Waals surface area contributed by atoms with Gasteiger partial charge in [0.15, 0.2) is 12.0 Å². The summed E-state index contributed by atoms with van der Waals surface area (Å²) in [5.41, 5.74) is 1.84. The van der Waals surface area contributed by atoms with Gasteiger partial charge < -0.3 is 4.74 Å². The number of rotatable bonds is 6. The molecule has 7 heteroatoms. The van der Waals surface area contributed by atoms with Crippen LogP contribution in [0.4, 0.5) is 5.69 Å². The summed E-state index contributed by atoms with van der Waals surface area (Å²) in [5.74, 6) is 0.186. The van der Waals surface area contributed by atoms with Gasteiger partial charge in [0.25, 0.3) is 0 Å². The SMILES string of the molecule is CCOc1ccc(-c2nn(-c3ccccc3)cc2C=O)cc1[N+](=O)[O-]. The summed E-state index contributed by atoms with van der Waals surface area (Å²) >= 11 is 0. The number of para-hydroxylation sites is 1. The highest BCUT2D eigenvalue weighted by Crippen LogP contribution is 2.33. The van der Waals surface area contributed by atoms with Gasteiger partial charge in [-0.3, -0.25) is 14.9 Å². The van der Waals surface area contributed by atoms with Gasteiger partial charge in [-0.15, -0.1) is 0 Å². The molecule has 3 rings (SSSR count). The molecule has 2 aromatic carbocycles. The van der Waals surface area contributed by atoms with Gasteiger partial charge >= 0.3 is 5.69 Å². The highest BCUT2D eigenvalue weighted by Gasteiger charge is 2.19. The van der Waals surface area contributed by atoms with Crippen molar-refractivity contribution in [3.63, 3.8) is 0 Å². The first-order chi connectivity index (χ1) is 12.1. The summed E-state index contributed by atoms with van der Waals surface area (Å²) in [7, 11) is 0. The van der Waals surface area contributed by atoms with Gasteiger partial charge in [-0.2, -0.15) is 5.10 Å². The third-order valence-corrected chi connectivity index (χ3v) is 3.62. The number of hydrogen-bond acceptors (Lipinski definition) is 5. The van der Waals surface area contributed by atoms with Crippen molar-refractivity contribution in [2.75, 3.05) is 6.61 Å². The second-order valence-corrected chi connectivity index (χ2v) is 5.20. The van der Waals surface area contributed by atoms with Crippen LogP contribution in [0.2, 0.25) is 0 Å². The zero-order chi connectivity index (χ0) is 17.8. The van der Waals surface area contributed by atoms with Crippen LogP contribution in [0, 0.1) is 10.1 Å². The van der Waals surface area contributed by atoms with Crippen molar-refractivity contribution < 1.29 is 14.5 Å². The summed E-state index contributed by atoms with van der Waals surface area (Å²) in [6.45, 7) is 2.08. The smallest absolute Gasteiger partial charge is 0.311 e. The summed E-state index contributed by atoms with van der Waals surface area (Å²) in [6, 6.07) is 13.9. The van der Waals surface area contributed by atoms with Crippen molar-refractivity contribution >= 4 is 12.0 Å². The second-order valence-electron chi connectivity index (χ2n) is 5.20. The van der Waals surface area contributed by atoms with Gasteiger partial charge in [0.1, 0.15) is 5.69 Å². The molecule has 0 bridgehead atoms. The van der Waals surface area contributed by atoms with Crippen molar-refractivity contribution in [2.24, 2.45) is 0 Å². The standard InChI is InChI=1S/C18H15N3O4/c1-2-25-17-9-8-13(10-16(17)21(23)24)18-14(12-22)11-20(19-18)15-6-4-3-5-7-15/h3-12H,2H2,1H3. The lowest BCUT2D eigenvalue weighted by Gasteiger charge is -2.06. The van der Waals surface area contributed by atoms with Crippen LogP contribution in [0.1, 0.15) is 17.3 Å². The van der Waals surface area contributed by atoms with E-state index >= 15 is 0 Å². The second kappa shape index (κ2) is 6.96. The summed E-state index contributed by atoms with van der Waals surface area (Å²) in [6.07, 6.45) is 2.28. The molecule has 7 nitrogen and oxygen atoms in total. The molecule has 0 fully saturated rings. The van der Waals surface area contributed by atoms with Crippen molar-refractivity contribution in [3.05, 3.63) is 70.4 Å². The number of aldehydes is 1. The van der Waals surface area contributed by atoms with Gasteiger partial charge in [-0.1, -0.05) is 18.2 Å². The highest BCUT2D eigenvalue weighted by molar-refractivity contribution is 5.86.